The number of nitrogens with zero attached hydrogens (tertiary/aromatic N) is 2. The molecule has 3 heterocycles. The summed E-state index contributed by atoms with van der Waals surface area (Å²) in [5.74, 6) is 1.03. The molecule has 3 fully saturated rings. The van der Waals surface area contributed by atoms with Gasteiger partial charge in [0.15, 0.2) is 0 Å². The van der Waals surface area contributed by atoms with E-state index in [0.717, 1.165) is 5.92 Å². The maximum Gasteiger partial charge on any atom is 0.0454 e. The molecule has 1 spiro atoms. The van der Waals surface area contributed by atoms with Crippen LogP contribution in [0.4, 0.5) is 5.69 Å². The Morgan fingerprint density at radius 1 is 1.00 bits per heavy atom. The van der Waals surface area contributed by atoms with E-state index in [1.807, 2.05) is 11.3 Å². The third-order valence-corrected chi connectivity index (χ3v) is 7.44. The fourth-order valence-corrected chi connectivity index (χ4v) is 6.10. The molecular weight excluding hydrogens is 312 g/mol. The molecule has 1 aliphatic carbocycles. The van der Waals surface area contributed by atoms with E-state index in [-0.39, 0.29) is 0 Å². The minimum absolute atomic E-state index is 0.616. The molecule has 0 atom stereocenters. The lowest BCUT2D eigenvalue weighted by Crippen LogP contribution is -2.72. The first-order valence-electron chi connectivity index (χ1n) is 9.75. The van der Waals surface area contributed by atoms with Gasteiger partial charge < -0.3 is 9.80 Å². The Bertz CT molecular complexity index is 701. The third kappa shape index (κ3) is 2.66. The molecule has 3 heteroatoms. The highest BCUT2D eigenvalue weighted by atomic mass is 32.1. The number of thiophene rings is 1. The van der Waals surface area contributed by atoms with Crippen molar-refractivity contribution in [2.24, 2.45) is 11.3 Å². The topological polar surface area (TPSA) is 6.48 Å². The van der Waals surface area contributed by atoms with Gasteiger partial charge in [-0.3, -0.25) is 0 Å². The average molecular weight is 341 g/mol. The quantitative estimate of drug-likeness (QED) is 0.773. The summed E-state index contributed by atoms with van der Waals surface area (Å²) in [6.45, 7) is 6.57. The van der Waals surface area contributed by atoms with Crippen molar-refractivity contribution in [3.63, 3.8) is 0 Å². The summed E-state index contributed by atoms with van der Waals surface area (Å²) in [5, 5.41) is 3.67. The average Bonchev–Trinajstić information content (AvgIpc) is 3.02. The van der Waals surface area contributed by atoms with Crippen LogP contribution in [0.3, 0.4) is 0 Å². The molecule has 0 N–H and O–H groups in total. The lowest BCUT2D eigenvalue weighted by molar-refractivity contribution is -0.0250. The van der Waals surface area contributed by atoms with Crippen molar-refractivity contribution in [3.8, 4) is 0 Å². The molecule has 24 heavy (non-hydrogen) atoms. The Morgan fingerprint density at radius 3 is 2.67 bits per heavy atom. The van der Waals surface area contributed by atoms with Gasteiger partial charge in [0.05, 0.1) is 0 Å². The van der Waals surface area contributed by atoms with E-state index in [9.17, 15) is 0 Å². The van der Waals surface area contributed by atoms with E-state index in [0.29, 0.717) is 5.41 Å². The number of fused-ring (bicyclic) bond motifs is 1. The second kappa shape index (κ2) is 6.03. The maximum atomic E-state index is 2.72. The smallest absolute Gasteiger partial charge is 0.0454 e. The van der Waals surface area contributed by atoms with Crippen LogP contribution in [-0.2, 0) is 0 Å². The maximum absolute atomic E-state index is 2.72. The summed E-state index contributed by atoms with van der Waals surface area (Å²) >= 11 is 1.86. The van der Waals surface area contributed by atoms with E-state index in [2.05, 4.69) is 39.4 Å². The molecule has 1 aromatic heterocycles. The van der Waals surface area contributed by atoms with E-state index >= 15 is 0 Å². The second-order valence-corrected chi connectivity index (χ2v) is 9.42. The molecule has 1 aromatic carbocycles. The van der Waals surface area contributed by atoms with Gasteiger partial charge in [-0.05, 0) is 42.5 Å². The zero-order valence-corrected chi connectivity index (χ0v) is 15.4. The minimum atomic E-state index is 0.616. The lowest BCUT2D eigenvalue weighted by atomic mass is 9.72. The summed E-state index contributed by atoms with van der Waals surface area (Å²) in [6, 6.07) is 9.06. The Hall–Kier alpha value is -1.06. The number of anilines is 1. The molecule has 2 aromatic rings. The highest BCUT2D eigenvalue weighted by Gasteiger charge is 2.51. The Morgan fingerprint density at radius 2 is 1.83 bits per heavy atom. The van der Waals surface area contributed by atoms with Gasteiger partial charge in [-0.1, -0.05) is 38.2 Å². The van der Waals surface area contributed by atoms with Crippen LogP contribution in [0.15, 0.2) is 29.6 Å². The first-order valence-corrected chi connectivity index (χ1v) is 10.6. The minimum Gasteiger partial charge on any atom is -0.370 e. The molecule has 3 aliphatic rings. The fraction of sp³-hybridized carbons (Fsp3) is 0.619. The van der Waals surface area contributed by atoms with E-state index in [4.69, 9.17) is 0 Å². The van der Waals surface area contributed by atoms with Gasteiger partial charge in [-0.2, -0.15) is 0 Å². The normalized spacial score (nSPS) is 24.2. The molecule has 128 valence electrons. The third-order valence-electron chi connectivity index (χ3n) is 6.56. The molecule has 1 saturated carbocycles. The highest BCUT2D eigenvalue weighted by molar-refractivity contribution is 7.17. The van der Waals surface area contributed by atoms with E-state index < -0.39 is 0 Å². The molecule has 5 rings (SSSR count). The van der Waals surface area contributed by atoms with Crippen molar-refractivity contribution < 1.29 is 0 Å². The van der Waals surface area contributed by atoms with Crippen molar-refractivity contribution in [1.29, 1.82) is 0 Å². The van der Waals surface area contributed by atoms with Crippen molar-refractivity contribution in [3.05, 3.63) is 29.6 Å². The van der Waals surface area contributed by atoms with Crippen LogP contribution in [0.5, 0.6) is 0 Å². The van der Waals surface area contributed by atoms with Crippen LogP contribution >= 0.6 is 11.3 Å². The van der Waals surface area contributed by atoms with Gasteiger partial charge in [-0.15, -0.1) is 11.3 Å². The van der Waals surface area contributed by atoms with Crippen LogP contribution in [-0.4, -0.2) is 37.6 Å². The van der Waals surface area contributed by atoms with Gasteiger partial charge in [0, 0.05) is 47.4 Å². The molecule has 0 radical (unpaired) electrons. The van der Waals surface area contributed by atoms with Crippen molar-refractivity contribution in [1.82, 2.24) is 4.90 Å². The van der Waals surface area contributed by atoms with Gasteiger partial charge in [0.1, 0.15) is 0 Å². The summed E-state index contributed by atoms with van der Waals surface area (Å²) in [4.78, 5) is 5.32. The SMILES string of the molecule is c1cc(N2CC3(CN(CCC4CCCCC4)C3)C2)c2ccsc2c1. The Balaban J connectivity index is 1.13. The number of likely N-dealkylation sites (tertiary alicyclic amines) is 1. The summed E-state index contributed by atoms with van der Waals surface area (Å²) in [6.07, 6.45) is 8.90. The molecule has 2 saturated heterocycles. The Kier molecular flexibility index (Phi) is 3.82. The zero-order chi connectivity index (χ0) is 16.0. The van der Waals surface area contributed by atoms with Crippen molar-refractivity contribution in [2.75, 3.05) is 37.6 Å². The fourth-order valence-electron chi connectivity index (χ4n) is 5.29. The second-order valence-electron chi connectivity index (χ2n) is 8.47. The van der Waals surface area contributed by atoms with Crippen LogP contribution in [0.2, 0.25) is 0 Å². The van der Waals surface area contributed by atoms with E-state index in [1.165, 1.54) is 87.0 Å². The number of benzene rings is 1. The lowest BCUT2D eigenvalue weighted by Gasteiger charge is -2.61. The number of rotatable bonds is 4. The first kappa shape index (κ1) is 15.2. The molecule has 0 amide bonds. The van der Waals surface area contributed by atoms with Crippen molar-refractivity contribution >= 4 is 27.1 Å². The van der Waals surface area contributed by atoms with Crippen LogP contribution in [0.1, 0.15) is 38.5 Å². The summed E-state index contributed by atoms with van der Waals surface area (Å²) in [5.41, 5.74) is 2.07. The first-order chi connectivity index (χ1) is 11.8. The monoisotopic (exact) mass is 340 g/mol. The van der Waals surface area contributed by atoms with Gasteiger partial charge >= 0.3 is 0 Å². The van der Waals surface area contributed by atoms with Crippen molar-refractivity contribution in [2.45, 2.75) is 38.5 Å². The highest BCUT2D eigenvalue weighted by Crippen LogP contribution is 2.44. The molecule has 0 unspecified atom stereocenters. The summed E-state index contributed by atoms with van der Waals surface area (Å²) < 4.78 is 1.43. The predicted molar refractivity (Wildman–Crippen MR) is 104 cm³/mol. The number of hydrogen-bond donors (Lipinski definition) is 0. The zero-order valence-electron chi connectivity index (χ0n) is 14.5. The summed E-state index contributed by atoms with van der Waals surface area (Å²) in [7, 11) is 0. The van der Waals surface area contributed by atoms with Gasteiger partial charge in [0.2, 0.25) is 0 Å². The molecule has 0 bridgehead atoms. The Labute approximate surface area is 149 Å². The van der Waals surface area contributed by atoms with E-state index in [1.54, 1.807) is 0 Å². The van der Waals surface area contributed by atoms with Gasteiger partial charge in [0.25, 0.3) is 0 Å². The molecule has 2 aliphatic heterocycles. The van der Waals surface area contributed by atoms with Crippen LogP contribution in [0.25, 0.3) is 10.1 Å². The van der Waals surface area contributed by atoms with Crippen LogP contribution in [0, 0.1) is 11.3 Å². The van der Waals surface area contributed by atoms with Crippen LogP contribution < -0.4 is 4.90 Å². The number of hydrogen-bond acceptors (Lipinski definition) is 3. The van der Waals surface area contributed by atoms with Gasteiger partial charge in [-0.25, -0.2) is 0 Å². The molecular formula is C21H28N2S. The predicted octanol–water partition coefficient (Wildman–Crippen LogP) is 4.99. The molecule has 2 nitrogen and oxygen atoms in total. The standard InChI is InChI=1S/C21H28N2S/c1-2-5-17(6-3-1)9-11-22-13-21(14-22)15-23(16-21)19-7-4-8-20-18(19)10-12-24-20/h4,7-8,10,12,17H,1-3,5-6,9,11,13-16H2. The largest absolute Gasteiger partial charge is 0.370 e.